The Morgan fingerprint density at radius 2 is 2.04 bits per heavy atom. The zero-order valence-corrected chi connectivity index (χ0v) is 14.2. The van der Waals surface area contributed by atoms with E-state index in [0.29, 0.717) is 0 Å². The molecule has 3 aromatic rings. The Balaban J connectivity index is 1.74. The van der Waals surface area contributed by atoms with Crippen LogP contribution < -0.4 is 9.80 Å². The van der Waals surface area contributed by atoms with Gasteiger partial charge in [-0.15, -0.1) is 0 Å². The highest BCUT2D eigenvalue weighted by molar-refractivity contribution is 5.89. The molecule has 0 spiro atoms. The number of rotatable bonds is 4. The highest BCUT2D eigenvalue weighted by Gasteiger charge is 2.20. The van der Waals surface area contributed by atoms with Gasteiger partial charge in [-0.3, -0.25) is 4.98 Å². The third kappa shape index (κ3) is 2.79. The van der Waals surface area contributed by atoms with E-state index in [1.54, 1.807) is 0 Å². The molecule has 1 N–H and O–H groups in total. The number of hydrogen-bond donors (Lipinski definition) is 1. The summed E-state index contributed by atoms with van der Waals surface area (Å²) in [5.41, 5.74) is 3.04. The first kappa shape index (κ1) is 14.9. The number of nitrogens with one attached hydrogen (secondary N) is 1. The standard InChI is InChI=1S/C18H22N6/c1-13-11-15-16(20-13)21-18(24-9-5-6-10-24)22-17(15)23(2)12-14-7-3-4-8-19-14/h3-4,7-8,11H,5-6,9-10,12H2,1-2H3,(H,20,21,22). The molecule has 0 aliphatic carbocycles. The van der Waals surface area contributed by atoms with Gasteiger partial charge in [-0.05, 0) is 38.0 Å². The number of nitrogens with zero attached hydrogens (tertiary/aromatic N) is 5. The Hall–Kier alpha value is -2.63. The number of hydrogen-bond acceptors (Lipinski definition) is 5. The average molecular weight is 322 g/mol. The number of aryl methyl sites for hydroxylation is 1. The minimum atomic E-state index is 0.719. The molecule has 24 heavy (non-hydrogen) atoms. The summed E-state index contributed by atoms with van der Waals surface area (Å²) in [5, 5.41) is 1.06. The maximum atomic E-state index is 4.89. The second kappa shape index (κ2) is 6.11. The van der Waals surface area contributed by atoms with Crippen molar-refractivity contribution in [1.82, 2.24) is 19.9 Å². The van der Waals surface area contributed by atoms with Crippen molar-refractivity contribution in [1.29, 1.82) is 0 Å². The fraction of sp³-hybridized carbons (Fsp3) is 0.389. The van der Waals surface area contributed by atoms with Gasteiger partial charge in [0.15, 0.2) is 0 Å². The van der Waals surface area contributed by atoms with Crippen molar-refractivity contribution in [3.05, 3.63) is 41.9 Å². The summed E-state index contributed by atoms with van der Waals surface area (Å²) in [6.45, 7) is 4.85. The molecule has 4 rings (SSSR count). The van der Waals surface area contributed by atoms with Crippen LogP contribution in [-0.4, -0.2) is 40.1 Å². The molecule has 1 fully saturated rings. The number of H-pyrrole nitrogens is 1. The van der Waals surface area contributed by atoms with Gasteiger partial charge in [-0.1, -0.05) is 6.07 Å². The Bertz CT molecular complexity index is 835. The SMILES string of the molecule is Cc1cc2c(N(C)Cc3ccccn3)nc(N3CCCC3)nc2[nH]1. The van der Waals surface area contributed by atoms with Crippen LogP contribution in [0.15, 0.2) is 30.5 Å². The van der Waals surface area contributed by atoms with Crippen molar-refractivity contribution < 1.29 is 0 Å². The number of aromatic nitrogens is 4. The first-order chi connectivity index (χ1) is 11.7. The van der Waals surface area contributed by atoms with E-state index < -0.39 is 0 Å². The molecular formula is C18H22N6. The molecule has 1 aliphatic rings. The fourth-order valence-corrected chi connectivity index (χ4v) is 3.27. The summed E-state index contributed by atoms with van der Waals surface area (Å²) in [6.07, 6.45) is 4.25. The topological polar surface area (TPSA) is 60.9 Å². The first-order valence-corrected chi connectivity index (χ1v) is 8.44. The number of pyridine rings is 1. The van der Waals surface area contributed by atoms with Gasteiger partial charge in [0.05, 0.1) is 17.6 Å². The molecule has 0 saturated carbocycles. The lowest BCUT2D eigenvalue weighted by molar-refractivity contribution is 0.850. The van der Waals surface area contributed by atoms with Crippen LogP contribution in [0.25, 0.3) is 11.0 Å². The van der Waals surface area contributed by atoms with E-state index in [0.717, 1.165) is 53.8 Å². The highest BCUT2D eigenvalue weighted by Crippen LogP contribution is 2.28. The lowest BCUT2D eigenvalue weighted by atomic mass is 10.3. The Kier molecular flexibility index (Phi) is 3.80. The zero-order valence-electron chi connectivity index (χ0n) is 14.2. The normalized spacial score (nSPS) is 14.5. The summed E-state index contributed by atoms with van der Waals surface area (Å²) in [5.74, 6) is 1.78. The maximum Gasteiger partial charge on any atom is 0.229 e. The number of aromatic amines is 1. The smallest absolute Gasteiger partial charge is 0.229 e. The molecule has 6 nitrogen and oxygen atoms in total. The van der Waals surface area contributed by atoms with E-state index in [4.69, 9.17) is 9.97 Å². The van der Waals surface area contributed by atoms with E-state index in [-0.39, 0.29) is 0 Å². The Morgan fingerprint density at radius 1 is 1.21 bits per heavy atom. The van der Waals surface area contributed by atoms with Gasteiger partial charge in [0, 0.05) is 32.0 Å². The minimum Gasteiger partial charge on any atom is -0.353 e. The van der Waals surface area contributed by atoms with Gasteiger partial charge >= 0.3 is 0 Å². The summed E-state index contributed by atoms with van der Waals surface area (Å²) in [4.78, 5) is 21.8. The van der Waals surface area contributed by atoms with Crippen LogP contribution in [0, 0.1) is 6.92 Å². The van der Waals surface area contributed by atoms with Crippen molar-refractivity contribution in [2.24, 2.45) is 0 Å². The molecule has 6 heteroatoms. The van der Waals surface area contributed by atoms with Crippen molar-refractivity contribution in [3.63, 3.8) is 0 Å². The molecule has 1 aliphatic heterocycles. The van der Waals surface area contributed by atoms with E-state index in [1.165, 1.54) is 12.8 Å². The average Bonchev–Trinajstić information content (AvgIpc) is 3.23. The molecule has 0 bridgehead atoms. The first-order valence-electron chi connectivity index (χ1n) is 8.44. The molecule has 0 aromatic carbocycles. The zero-order chi connectivity index (χ0) is 16.5. The van der Waals surface area contributed by atoms with Crippen LogP contribution in [0.4, 0.5) is 11.8 Å². The van der Waals surface area contributed by atoms with E-state index >= 15 is 0 Å². The van der Waals surface area contributed by atoms with Gasteiger partial charge < -0.3 is 14.8 Å². The minimum absolute atomic E-state index is 0.719. The van der Waals surface area contributed by atoms with Crippen LogP contribution in [-0.2, 0) is 6.54 Å². The summed E-state index contributed by atoms with van der Waals surface area (Å²) in [7, 11) is 2.06. The van der Waals surface area contributed by atoms with Crippen molar-refractivity contribution in [2.45, 2.75) is 26.3 Å². The van der Waals surface area contributed by atoms with Gasteiger partial charge in [0.2, 0.25) is 5.95 Å². The molecule has 0 unspecified atom stereocenters. The quantitative estimate of drug-likeness (QED) is 0.800. The Morgan fingerprint density at radius 3 is 2.79 bits per heavy atom. The molecule has 0 atom stereocenters. The van der Waals surface area contributed by atoms with E-state index in [2.05, 4.69) is 39.8 Å². The van der Waals surface area contributed by atoms with E-state index in [9.17, 15) is 0 Å². The Labute approximate surface area is 141 Å². The predicted octanol–water partition coefficient (Wildman–Crippen LogP) is 2.90. The highest BCUT2D eigenvalue weighted by atomic mass is 15.3. The predicted molar refractivity (Wildman–Crippen MR) is 96.4 cm³/mol. The summed E-state index contributed by atoms with van der Waals surface area (Å²) < 4.78 is 0. The second-order valence-corrected chi connectivity index (χ2v) is 6.43. The van der Waals surface area contributed by atoms with Gasteiger partial charge in [-0.2, -0.15) is 9.97 Å². The van der Waals surface area contributed by atoms with Gasteiger partial charge in [-0.25, -0.2) is 0 Å². The van der Waals surface area contributed by atoms with Crippen LogP contribution in [0.3, 0.4) is 0 Å². The molecule has 1 saturated heterocycles. The van der Waals surface area contributed by atoms with Crippen LogP contribution in [0.2, 0.25) is 0 Å². The van der Waals surface area contributed by atoms with Crippen LogP contribution >= 0.6 is 0 Å². The maximum absolute atomic E-state index is 4.89. The van der Waals surface area contributed by atoms with E-state index in [1.807, 2.05) is 24.4 Å². The second-order valence-electron chi connectivity index (χ2n) is 6.43. The molecule has 0 radical (unpaired) electrons. The summed E-state index contributed by atoms with van der Waals surface area (Å²) >= 11 is 0. The third-order valence-electron chi connectivity index (χ3n) is 4.47. The third-order valence-corrected chi connectivity index (χ3v) is 4.47. The molecular weight excluding hydrogens is 300 g/mol. The molecule has 124 valence electrons. The molecule has 0 amide bonds. The largest absolute Gasteiger partial charge is 0.353 e. The van der Waals surface area contributed by atoms with Gasteiger partial charge in [0.1, 0.15) is 11.5 Å². The molecule has 3 aromatic heterocycles. The van der Waals surface area contributed by atoms with Crippen molar-refractivity contribution in [2.75, 3.05) is 29.9 Å². The monoisotopic (exact) mass is 322 g/mol. The van der Waals surface area contributed by atoms with Gasteiger partial charge in [0.25, 0.3) is 0 Å². The lowest BCUT2D eigenvalue weighted by Crippen LogP contribution is -2.24. The van der Waals surface area contributed by atoms with Crippen molar-refractivity contribution in [3.8, 4) is 0 Å². The van der Waals surface area contributed by atoms with Crippen LogP contribution in [0.1, 0.15) is 24.2 Å². The fourth-order valence-electron chi connectivity index (χ4n) is 3.27. The summed E-state index contributed by atoms with van der Waals surface area (Å²) in [6, 6.07) is 8.11. The number of anilines is 2. The number of fused-ring (bicyclic) bond motifs is 1. The van der Waals surface area contributed by atoms with Crippen molar-refractivity contribution >= 4 is 22.8 Å². The molecule has 4 heterocycles. The van der Waals surface area contributed by atoms with Crippen LogP contribution in [0.5, 0.6) is 0 Å². The lowest BCUT2D eigenvalue weighted by Gasteiger charge is -2.22.